The summed E-state index contributed by atoms with van der Waals surface area (Å²) in [7, 11) is 0. The van der Waals surface area contributed by atoms with Gasteiger partial charge in [0.1, 0.15) is 12.4 Å². The molecule has 1 atom stereocenters. The largest absolute Gasteiger partial charge is 0.491 e. The first kappa shape index (κ1) is 21.9. The molecule has 0 radical (unpaired) electrons. The zero-order valence-corrected chi connectivity index (χ0v) is 18.4. The lowest BCUT2D eigenvalue weighted by molar-refractivity contribution is 0.0579. The molecule has 0 aromatic heterocycles. The Morgan fingerprint density at radius 2 is 1.59 bits per heavy atom. The van der Waals surface area contributed by atoms with Crippen molar-refractivity contribution in [1.29, 1.82) is 0 Å². The molecule has 1 aliphatic heterocycles. The van der Waals surface area contributed by atoms with Gasteiger partial charge in [0.15, 0.2) is 5.78 Å². The summed E-state index contributed by atoms with van der Waals surface area (Å²) in [6.45, 7) is 8.09. The number of Topliss-reactive ketones (excluding diaryl/α,β-unsaturated/α-hetero) is 1. The molecule has 29 heavy (non-hydrogen) atoms. The Labute approximate surface area is 178 Å². The van der Waals surface area contributed by atoms with Crippen molar-refractivity contribution in [2.24, 2.45) is 0 Å². The fourth-order valence-electron chi connectivity index (χ4n) is 3.58. The van der Waals surface area contributed by atoms with Crippen LogP contribution < -0.4 is 4.74 Å². The summed E-state index contributed by atoms with van der Waals surface area (Å²) in [5, 5.41) is 9.29. The van der Waals surface area contributed by atoms with E-state index in [1.807, 2.05) is 62.4 Å². The summed E-state index contributed by atoms with van der Waals surface area (Å²) >= 11 is 1.65. The molecule has 156 valence electrons. The fraction of sp³-hybridized carbons (Fsp3) is 0.458. The number of hydrogen-bond donors (Lipinski definition) is 1. The van der Waals surface area contributed by atoms with Crippen LogP contribution in [0.3, 0.4) is 0 Å². The number of carbonyl (C=O) groups is 1. The average molecular weight is 414 g/mol. The number of piperidine rings is 1. The van der Waals surface area contributed by atoms with Gasteiger partial charge >= 0.3 is 0 Å². The van der Waals surface area contributed by atoms with Crippen LogP contribution >= 0.6 is 11.8 Å². The van der Waals surface area contributed by atoms with E-state index in [0.717, 1.165) is 34.2 Å². The van der Waals surface area contributed by atoms with Crippen molar-refractivity contribution < 1.29 is 14.6 Å². The number of rotatable bonds is 8. The molecule has 1 aliphatic rings. The van der Waals surface area contributed by atoms with E-state index in [-0.39, 0.29) is 12.4 Å². The molecule has 0 amide bonds. The Morgan fingerprint density at radius 1 is 1.03 bits per heavy atom. The molecular formula is C24H31NO3S. The van der Waals surface area contributed by atoms with E-state index in [4.69, 9.17) is 4.74 Å². The van der Waals surface area contributed by atoms with E-state index in [9.17, 15) is 9.90 Å². The van der Waals surface area contributed by atoms with Crippen LogP contribution in [-0.2, 0) is 0 Å². The van der Waals surface area contributed by atoms with Gasteiger partial charge in [0.25, 0.3) is 0 Å². The number of likely N-dealkylation sites (tertiary alicyclic amines) is 1. The van der Waals surface area contributed by atoms with E-state index in [0.29, 0.717) is 0 Å². The highest BCUT2D eigenvalue weighted by atomic mass is 32.2. The molecule has 2 aromatic rings. The van der Waals surface area contributed by atoms with Crippen LogP contribution in [-0.4, -0.2) is 47.1 Å². The maximum absolute atomic E-state index is 13.1. The molecule has 5 heteroatoms. The average Bonchev–Trinajstić information content (AvgIpc) is 2.74. The quantitative estimate of drug-likeness (QED) is 0.614. The Kier molecular flexibility index (Phi) is 7.38. The molecule has 0 bridgehead atoms. The van der Waals surface area contributed by atoms with Crippen LogP contribution in [0.1, 0.15) is 50.4 Å². The summed E-state index contributed by atoms with van der Waals surface area (Å²) in [5.41, 5.74) is 0.309. The Morgan fingerprint density at radius 3 is 2.14 bits per heavy atom. The maximum atomic E-state index is 13.1. The highest BCUT2D eigenvalue weighted by molar-refractivity contribution is 7.99. The number of aliphatic hydroxyl groups is 1. The summed E-state index contributed by atoms with van der Waals surface area (Å²) in [5.74, 6) is 0.937. The monoisotopic (exact) mass is 413 g/mol. The summed E-state index contributed by atoms with van der Waals surface area (Å²) < 4.78 is 5.50. The number of hydrogen-bond acceptors (Lipinski definition) is 5. The van der Waals surface area contributed by atoms with E-state index in [1.54, 1.807) is 18.7 Å². The molecule has 3 rings (SSSR count). The molecule has 0 saturated carbocycles. The van der Waals surface area contributed by atoms with Gasteiger partial charge in [-0.2, -0.15) is 0 Å². The third-order valence-corrected chi connectivity index (χ3v) is 6.39. The second kappa shape index (κ2) is 9.79. The standard InChI is InChI=1S/C24H31NO3S/c1-18(26)17-28-20-9-13-22(14-10-20)29-21-11-7-19(8-12-21)23(27)24(2,3)25-15-5-4-6-16-25/h7-14,18,26H,4-6,15-17H2,1-3H3. The first-order valence-corrected chi connectivity index (χ1v) is 11.2. The lowest BCUT2D eigenvalue weighted by atomic mass is 9.89. The molecule has 1 fully saturated rings. The predicted molar refractivity (Wildman–Crippen MR) is 118 cm³/mol. The fourth-order valence-corrected chi connectivity index (χ4v) is 4.40. The zero-order valence-electron chi connectivity index (χ0n) is 17.6. The molecule has 2 aromatic carbocycles. The van der Waals surface area contributed by atoms with E-state index in [1.165, 1.54) is 19.3 Å². The number of nitrogens with zero attached hydrogens (tertiary/aromatic N) is 1. The number of ether oxygens (including phenoxy) is 1. The van der Waals surface area contributed by atoms with Gasteiger partial charge in [-0.05, 0) is 83.1 Å². The van der Waals surface area contributed by atoms with Crippen molar-refractivity contribution in [1.82, 2.24) is 4.90 Å². The SMILES string of the molecule is CC(O)COc1ccc(Sc2ccc(C(=O)C(C)(C)N3CCCCC3)cc2)cc1. The summed E-state index contributed by atoms with van der Waals surface area (Å²) in [6, 6.07) is 15.7. The van der Waals surface area contributed by atoms with E-state index in [2.05, 4.69) is 4.90 Å². The van der Waals surface area contributed by atoms with E-state index >= 15 is 0 Å². The number of carbonyl (C=O) groups excluding carboxylic acids is 1. The lowest BCUT2D eigenvalue weighted by Crippen LogP contribution is -2.52. The molecule has 1 N–H and O–H groups in total. The van der Waals surface area contributed by atoms with Crippen LogP contribution in [0.4, 0.5) is 0 Å². The molecule has 1 unspecified atom stereocenters. The van der Waals surface area contributed by atoms with Gasteiger partial charge in [-0.3, -0.25) is 9.69 Å². The molecule has 1 heterocycles. The third kappa shape index (κ3) is 5.84. The predicted octanol–water partition coefficient (Wildman–Crippen LogP) is 5.04. The molecule has 0 spiro atoms. The Balaban J connectivity index is 1.61. The molecular weight excluding hydrogens is 382 g/mol. The maximum Gasteiger partial charge on any atom is 0.182 e. The normalized spacial score (nSPS) is 16.4. The lowest BCUT2D eigenvalue weighted by Gasteiger charge is -2.39. The van der Waals surface area contributed by atoms with Gasteiger partial charge in [-0.15, -0.1) is 0 Å². The molecule has 4 nitrogen and oxygen atoms in total. The van der Waals surface area contributed by atoms with Crippen molar-refractivity contribution in [3.8, 4) is 5.75 Å². The van der Waals surface area contributed by atoms with Gasteiger partial charge in [-0.25, -0.2) is 0 Å². The minimum absolute atomic E-state index is 0.190. The van der Waals surface area contributed by atoms with Crippen molar-refractivity contribution in [2.75, 3.05) is 19.7 Å². The summed E-state index contributed by atoms with van der Waals surface area (Å²) in [4.78, 5) is 17.6. The Hall–Kier alpha value is -1.82. The number of ketones is 1. The third-order valence-electron chi connectivity index (χ3n) is 5.37. The van der Waals surface area contributed by atoms with Gasteiger partial charge in [0.2, 0.25) is 0 Å². The van der Waals surface area contributed by atoms with Crippen LogP contribution in [0, 0.1) is 0 Å². The van der Waals surface area contributed by atoms with E-state index < -0.39 is 11.6 Å². The second-order valence-corrected chi connectivity index (χ2v) is 9.34. The zero-order chi connectivity index (χ0) is 20.9. The summed E-state index contributed by atoms with van der Waals surface area (Å²) in [6.07, 6.45) is 3.13. The number of benzene rings is 2. The van der Waals surface area contributed by atoms with Crippen LogP contribution in [0.15, 0.2) is 58.3 Å². The van der Waals surface area contributed by atoms with Crippen molar-refractivity contribution in [3.63, 3.8) is 0 Å². The van der Waals surface area contributed by atoms with Crippen LogP contribution in [0.5, 0.6) is 5.75 Å². The van der Waals surface area contributed by atoms with Gasteiger partial charge in [0, 0.05) is 15.4 Å². The minimum Gasteiger partial charge on any atom is -0.491 e. The van der Waals surface area contributed by atoms with Gasteiger partial charge in [0.05, 0.1) is 11.6 Å². The first-order chi connectivity index (χ1) is 13.9. The van der Waals surface area contributed by atoms with Crippen LogP contribution in [0.2, 0.25) is 0 Å². The van der Waals surface area contributed by atoms with Gasteiger partial charge in [-0.1, -0.05) is 30.3 Å². The van der Waals surface area contributed by atoms with Crippen molar-refractivity contribution >= 4 is 17.5 Å². The minimum atomic E-state index is -0.481. The molecule has 0 aliphatic carbocycles. The van der Waals surface area contributed by atoms with Crippen LogP contribution in [0.25, 0.3) is 0 Å². The number of aliphatic hydroxyl groups excluding tert-OH is 1. The van der Waals surface area contributed by atoms with Crippen molar-refractivity contribution in [3.05, 3.63) is 54.1 Å². The highest BCUT2D eigenvalue weighted by Gasteiger charge is 2.35. The topological polar surface area (TPSA) is 49.8 Å². The first-order valence-electron chi connectivity index (χ1n) is 10.3. The van der Waals surface area contributed by atoms with Gasteiger partial charge < -0.3 is 9.84 Å². The van der Waals surface area contributed by atoms with Crippen molar-refractivity contribution in [2.45, 2.75) is 61.5 Å². The molecule has 1 saturated heterocycles. The smallest absolute Gasteiger partial charge is 0.182 e. The second-order valence-electron chi connectivity index (χ2n) is 8.19. The highest BCUT2D eigenvalue weighted by Crippen LogP contribution is 2.30. The Bertz CT molecular complexity index is 794.